The second-order valence-electron chi connectivity index (χ2n) is 8.76. The average Bonchev–Trinajstić information content (AvgIpc) is 2.92. The summed E-state index contributed by atoms with van der Waals surface area (Å²) >= 11 is 0. The molecule has 1 aliphatic rings. The van der Waals surface area contributed by atoms with Crippen molar-refractivity contribution >= 4 is 16.9 Å². The van der Waals surface area contributed by atoms with Crippen molar-refractivity contribution in [2.24, 2.45) is 0 Å². The molecule has 0 fully saturated rings. The molecule has 0 spiro atoms. The monoisotopic (exact) mass is 526 g/mol. The molecule has 194 valence electrons. The van der Waals surface area contributed by atoms with Gasteiger partial charge in [-0.15, -0.1) is 0 Å². The summed E-state index contributed by atoms with van der Waals surface area (Å²) in [7, 11) is 0. The van der Waals surface area contributed by atoms with Gasteiger partial charge in [-0.2, -0.15) is 0 Å². The maximum atomic E-state index is 13.2. The van der Waals surface area contributed by atoms with Crippen LogP contribution < -0.4 is 14.9 Å². The highest BCUT2D eigenvalue weighted by molar-refractivity contribution is 5.94. The molecular weight excluding hydrogens is 508 g/mol. The van der Waals surface area contributed by atoms with Gasteiger partial charge < -0.3 is 34.3 Å². The van der Waals surface area contributed by atoms with E-state index in [1.807, 2.05) is 0 Å². The Balaban J connectivity index is 1.56. The fraction of sp³-hybridized carbons (Fsp3) is 0.0714. The molecule has 1 atom stereocenters. The lowest BCUT2D eigenvalue weighted by Crippen LogP contribution is -2.22. The molecule has 0 amide bonds. The van der Waals surface area contributed by atoms with Crippen LogP contribution in [0.15, 0.2) is 76.2 Å². The lowest BCUT2D eigenvalue weighted by Gasteiger charge is -2.26. The quantitative estimate of drug-likeness (QED) is 0.149. The second kappa shape index (κ2) is 9.06. The van der Waals surface area contributed by atoms with Crippen molar-refractivity contribution < 1.29 is 39.1 Å². The number of aromatic hydroxyl groups is 4. The van der Waals surface area contributed by atoms with Crippen molar-refractivity contribution in [3.63, 3.8) is 0 Å². The van der Waals surface area contributed by atoms with E-state index in [9.17, 15) is 30.0 Å². The molecule has 5 aromatic rings. The van der Waals surface area contributed by atoms with Crippen molar-refractivity contribution in [2.45, 2.75) is 12.3 Å². The summed E-state index contributed by atoms with van der Waals surface area (Å²) in [6.45, 7) is 0. The minimum atomic E-state index is -0.937. The Morgan fingerprint density at radius 1 is 0.872 bits per heavy atom. The van der Waals surface area contributed by atoms with Crippen LogP contribution in [0.5, 0.6) is 40.5 Å². The topological polar surface area (TPSA) is 172 Å². The van der Waals surface area contributed by atoms with E-state index < -0.39 is 40.3 Å². The Morgan fingerprint density at radius 3 is 2.44 bits per heavy atom. The highest BCUT2D eigenvalue weighted by Crippen LogP contribution is 2.47. The predicted octanol–water partition coefficient (Wildman–Crippen LogP) is 4.31. The van der Waals surface area contributed by atoms with Crippen LogP contribution >= 0.6 is 0 Å². The fourth-order valence-corrected chi connectivity index (χ4v) is 4.56. The molecule has 1 aliphatic heterocycles. The number of rotatable bonds is 4. The van der Waals surface area contributed by atoms with Gasteiger partial charge in [0.1, 0.15) is 28.2 Å². The van der Waals surface area contributed by atoms with E-state index in [-0.39, 0.29) is 46.0 Å². The highest BCUT2D eigenvalue weighted by atomic mass is 16.5. The zero-order valence-corrected chi connectivity index (χ0v) is 19.9. The number of fused-ring (bicyclic) bond motifs is 3. The van der Waals surface area contributed by atoms with Gasteiger partial charge in [0, 0.05) is 35.5 Å². The maximum absolute atomic E-state index is 13.2. The molecule has 0 bridgehead atoms. The van der Waals surface area contributed by atoms with Crippen LogP contribution in [-0.4, -0.2) is 36.4 Å². The first-order valence-electron chi connectivity index (χ1n) is 11.6. The number of aromatic nitrogens is 2. The van der Waals surface area contributed by atoms with Gasteiger partial charge in [-0.3, -0.25) is 9.59 Å². The number of hydrogen-bond acceptors (Lipinski definition) is 11. The molecule has 3 aromatic carbocycles. The summed E-state index contributed by atoms with van der Waals surface area (Å²) in [6.07, 6.45) is 2.93. The number of nitrogens with zero attached hydrogens (tertiary/aromatic N) is 2. The van der Waals surface area contributed by atoms with Gasteiger partial charge in [-0.25, -0.2) is 9.97 Å². The van der Waals surface area contributed by atoms with E-state index in [2.05, 4.69) is 9.97 Å². The molecule has 0 unspecified atom stereocenters. The number of benzene rings is 3. The maximum Gasteiger partial charge on any atom is 0.321 e. The summed E-state index contributed by atoms with van der Waals surface area (Å²) in [5.74, 6) is -3.50. The number of esters is 1. The minimum absolute atomic E-state index is 0.0210. The molecule has 2 aromatic heterocycles. The van der Waals surface area contributed by atoms with E-state index in [4.69, 9.17) is 13.9 Å². The van der Waals surface area contributed by atoms with Gasteiger partial charge in [0.25, 0.3) is 0 Å². The van der Waals surface area contributed by atoms with Crippen molar-refractivity contribution in [2.75, 3.05) is 0 Å². The predicted molar refractivity (Wildman–Crippen MR) is 135 cm³/mol. The standard InChI is InChI=1S/C28H18N2O9/c31-17-6-5-14(10-18(17)32)26-25(36)24(35)23-19(33)12-20-22(27(23)39-26)16(11-21(34)38-20)13-3-1-4-15(9-13)37-28-29-7-2-8-30-28/h1-10,12,16,31-33,36H,11H2/t16-/m1/s1. The van der Waals surface area contributed by atoms with Crippen LogP contribution in [0.2, 0.25) is 0 Å². The number of carbonyl (C=O) groups excluding carboxylic acids is 1. The first kappa shape index (κ1) is 23.8. The summed E-state index contributed by atoms with van der Waals surface area (Å²) in [6, 6.07) is 13.3. The lowest BCUT2D eigenvalue weighted by atomic mass is 9.85. The Kier molecular flexibility index (Phi) is 5.53. The highest BCUT2D eigenvalue weighted by Gasteiger charge is 2.34. The van der Waals surface area contributed by atoms with Gasteiger partial charge in [-0.1, -0.05) is 12.1 Å². The zero-order valence-electron chi connectivity index (χ0n) is 19.9. The van der Waals surface area contributed by atoms with Crippen molar-refractivity contribution in [1.82, 2.24) is 9.97 Å². The zero-order chi connectivity index (χ0) is 27.3. The molecule has 0 aliphatic carbocycles. The number of carbonyl (C=O) groups is 1. The summed E-state index contributed by atoms with van der Waals surface area (Å²) in [4.78, 5) is 33.9. The lowest BCUT2D eigenvalue weighted by molar-refractivity contribution is -0.135. The second-order valence-corrected chi connectivity index (χ2v) is 8.76. The van der Waals surface area contributed by atoms with Crippen LogP contribution in [0.3, 0.4) is 0 Å². The summed E-state index contributed by atoms with van der Waals surface area (Å²) in [5.41, 5.74) is -0.0788. The van der Waals surface area contributed by atoms with Gasteiger partial charge in [0.15, 0.2) is 17.3 Å². The van der Waals surface area contributed by atoms with Crippen molar-refractivity contribution in [3.8, 4) is 51.8 Å². The molecule has 11 heteroatoms. The van der Waals surface area contributed by atoms with E-state index in [0.717, 1.165) is 12.1 Å². The van der Waals surface area contributed by atoms with E-state index in [1.54, 1.807) is 30.3 Å². The third-order valence-electron chi connectivity index (χ3n) is 6.31. The SMILES string of the molecule is O=C1C[C@H](c2cccc(Oc3ncccn3)c2)c2c(cc(O)c3c(=O)c(O)c(-c4ccc(O)c(O)c4)oc23)O1. The van der Waals surface area contributed by atoms with E-state index in [0.29, 0.717) is 11.3 Å². The third kappa shape index (κ3) is 4.11. The first-order valence-corrected chi connectivity index (χ1v) is 11.6. The average molecular weight is 526 g/mol. The molecule has 0 saturated carbocycles. The van der Waals surface area contributed by atoms with Crippen molar-refractivity contribution in [3.05, 3.63) is 88.3 Å². The molecular formula is C28H18N2O9. The van der Waals surface area contributed by atoms with Crippen LogP contribution in [0, 0.1) is 0 Å². The molecule has 0 saturated heterocycles. The van der Waals surface area contributed by atoms with Crippen LogP contribution in [0.1, 0.15) is 23.5 Å². The largest absolute Gasteiger partial charge is 0.507 e. The summed E-state index contributed by atoms with van der Waals surface area (Å²) < 4.78 is 17.1. The molecule has 3 heterocycles. The Morgan fingerprint density at radius 2 is 1.67 bits per heavy atom. The summed E-state index contributed by atoms with van der Waals surface area (Å²) in [5, 5.41) is 40.6. The van der Waals surface area contributed by atoms with Gasteiger partial charge in [0.05, 0.1) is 6.42 Å². The van der Waals surface area contributed by atoms with Crippen LogP contribution in [0.25, 0.3) is 22.3 Å². The van der Waals surface area contributed by atoms with E-state index >= 15 is 0 Å². The van der Waals surface area contributed by atoms with E-state index in [1.165, 1.54) is 24.5 Å². The molecule has 0 radical (unpaired) electrons. The smallest absolute Gasteiger partial charge is 0.321 e. The van der Waals surface area contributed by atoms with Crippen LogP contribution in [-0.2, 0) is 4.79 Å². The Hall–Kier alpha value is -5.58. The Bertz CT molecular complexity index is 1830. The minimum Gasteiger partial charge on any atom is -0.507 e. The number of phenols is 3. The normalized spacial score (nSPS) is 14.6. The fourth-order valence-electron chi connectivity index (χ4n) is 4.56. The van der Waals surface area contributed by atoms with Crippen LogP contribution in [0.4, 0.5) is 0 Å². The number of ether oxygens (including phenoxy) is 2. The molecule has 4 N–H and O–H groups in total. The first-order chi connectivity index (χ1) is 18.8. The molecule has 39 heavy (non-hydrogen) atoms. The number of hydrogen-bond donors (Lipinski definition) is 4. The Labute approximate surface area is 218 Å². The van der Waals surface area contributed by atoms with Gasteiger partial charge in [0.2, 0.25) is 11.2 Å². The molecule has 11 nitrogen and oxygen atoms in total. The molecule has 6 rings (SSSR count). The number of phenolic OH excluding ortho intramolecular Hbond substituents is 3. The van der Waals surface area contributed by atoms with Gasteiger partial charge in [-0.05, 0) is 42.0 Å². The van der Waals surface area contributed by atoms with Gasteiger partial charge >= 0.3 is 12.0 Å². The third-order valence-corrected chi connectivity index (χ3v) is 6.31. The van der Waals surface area contributed by atoms with Crippen molar-refractivity contribution in [1.29, 1.82) is 0 Å².